The Kier molecular flexibility index (Phi) is 6.40. The average molecular weight is 237 g/mol. The fourth-order valence-corrected chi connectivity index (χ4v) is 1.74. The van der Waals surface area contributed by atoms with E-state index in [0.717, 1.165) is 19.3 Å². The van der Waals surface area contributed by atoms with Gasteiger partial charge in [0.05, 0.1) is 20.6 Å². The molecule has 0 rings (SSSR count). The van der Waals surface area contributed by atoms with Gasteiger partial charge in [0, 0.05) is 0 Å². The lowest BCUT2D eigenvalue weighted by Crippen LogP contribution is -2.45. The Labute approximate surface area is 93.8 Å². The molecule has 0 fully saturated rings. The van der Waals surface area contributed by atoms with E-state index in [1.54, 1.807) is 0 Å². The van der Waals surface area contributed by atoms with Gasteiger partial charge in [0.25, 0.3) is 10.3 Å². The maximum Gasteiger partial charge on any atom is 0.254 e. The number of hydrogen-bond donors (Lipinski definition) is 0. The number of nitrogens with zero attached hydrogens (tertiary/aromatic N) is 1. The monoisotopic (exact) mass is 237 g/mol. The van der Waals surface area contributed by atoms with Crippen LogP contribution in [0.1, 0.15) is 45.4 Å². The molecule has 0 aliphatic rings. The zero-order valence-electron chi connectivity index (χ0n) is 10.0. The van der Waals surface area contributed by atoms with E-state index in [4.69, 9.17) is 0 Å². The minimum absolute atomic E-state index is 0.415. The molecular formula is C10H23NO3S. The zero-order valence-corrected chi connectivity index (χ0v) is 10.8. The van der Waals surface area contributed by atoms with Crippen molar-refractivity contribution in [3.05, 3.63) is 0 Å². The minimum Gasteiger partial charge on any atom is -0.702 e. The zero-order chi connectivity index (χ0) is 11.9. The van der Waals surface area contributed by atoms with Gasteiger partial charge in [-0.3, -0.25) is 0 Å². The van der Waals surface area contributed by atoms with E-state index in [-0.39, 0.29) is 0 Å². The van der Waals surface area contributed by atoms with Crippen LogP contribution in [0, 0.1) is 0 Å². The van der Waals surface area contributed by atoms with Gasteiger partial charge in [-0.25, -0.2) is 3.89 Å². The summed E-state index contributed by atoms with van der Waals surface area (Å²) in [4.78, 5) is 0. The fraction of sp³-hybridized carbons (Fsp3) is 1.00. The topological polar surface area (TPSA) is 57.2 Å². The molecular weight excluding hydrogens is 214 g/mol. The second-order valence-electron chi connectivity index (χ2n) is 4.49. The summed E-state index contributed by atoms with van der Waals surface area (Å²) < 4.78 is 32.1. The highest BCUT2D eigenvalue weighted by Gasteiger charge is 2.22. The van der Waals surface area contributed by atoms with Gasteiger partial charge in [-0.2, -0.15) is 8.42 Å². The van der Waals surface area contributed by atoms with Crippen LogP contribution in [-0.4, -0.2) is 37.5 Å². The standard InChI is InChI=1S/C10H23NO3S/c1-4-5-6-7-8-9-10-11(2,3)15(12,13)14/h4-10H2,1-3H3. The van der Waals surface area contributed by atoms with Crippen molar-refractivity contribution in [3.63, 3.8) is 0 Å². The van der Waals surface area contributed by atoms with Crippen LogP contribution in [-0.2, 0) is 10.3 Å². The minimum atomic E-state index is -4.21. The molecule has 0 spiro atoms. The molecule has 0 amide bonds. The molecule has 5 heteroatoms. The summed E-state index contributed by atoms with van der Waals surface area (Å²) >= 11 is 0. The van der Waals surface area contributed by atoms with Crippen molar-refractivity contribution in [2.45, 2.75) is 45.4 Å². The smallest absolute Gasteiger partial charge is 0.254 e. The molecule has 0 aromatic carbocycles. The third-order valence-corrected chi connectivity index (χ3v) is 4.05. The molecule has 0 atom stereocenters. The van der Waals surface area contributed by atoms with E-state index in [0.29, 0.717) is 6.54 Å². The summed E-state index contributed by atoms with van der Waals surface area (Å²) in [7, 11) is -1.31. The molecule has 92 valence electrons. The lowest BCUT2D eigenvalue weighted by Gasteiger charge is -2.30. The van der Waals surface area contributed by atoms with Crippen molar-refractivity contribution in [3.8, 4) is 0 Å². The first-order chi connectivity index (χ1) is 6.81. The maximum atomic E-state index is 10.8. The van der Waals surface area contributed by atoms with Crippen LogP contribution in [0.3, 0.4) is 0 Å². The van der Waals surface area contributed by atoms with Gasteiger partial charge in [-0.05, 0) is 12.8 Å². The molecule has 0 bridgehead atoms. The number of rotatable bonds is 8. The Morgan fingerprint density at radius 1 is 1.00 bits per heavy atom. The van der Waals surface area contributed by atoms with Crippen LogP contribution >= 0.6 is 0 Å². The van der Waals surface area contributed by atoms with Crippen molar-refractivity contribution in [2.24, 2.45) is 0 Å². The number of quaternary nitrogens is 1. The molecule has 0 unspecified atom stereocenters. The third-order valence-electron chi connectivity index (χ3n) is 2.66. The lowest BCUT2D eigenvalue weighted by molar-refractivity contribution is -0.768. The quantitative estimate of drug-likeness (QED) is 0.368. The van der Waals surface area contributed by atoms with Crippen molar-refractivity contribution < 1.29 is 16.9 Å². The van der Waals surface area contributed by atoms with E-state index in [1.165, 1.54) is 33.4 Å². The molecule has 0 radical (unpaired) electrons. The van der Waals surface area contributed by atoms with E-state index in [2.05, 4.69) is 6.92 Å². The first kappa shape index (κ1) is 14.9. The average Bonchev–Trinajstić information content (AvgIpc) is 2.09. The molecule has 0 N–H and O–H groups in total. The van der Waals surface area contributed by atoms with E-state index in [9.17, 15) is 13.0 Å². The Hall–Kier alpha value is -0.130. The van der Waals surface area contributed by atoms with Crippen LogP contribution in [0.5, 0.6) is 0 Å². The van der Waals surface area contributed by atoms with Crippen LogP contribution < -0.4 is 0 Å². The van der Waals surface area contributed by atoms with Crippen LogP contribution in [0.15, 0.2) is 0 Å². The maximum absolute atomic E-state index is 10.8. The number of hydrogen-bond acceptors (Lipinski definition) is 3. The fourth-order valence-electron chi connectivity index (χ4n) is 1.38. The molecule has 0 heterocycles. The molecule has 0 aliphatic carbocycles. The molecule has 4 nitrogen and oxygen atoms in total. The first-order valence-corrected chi connectivity index (χ1v) is 6.97. The van der Waals surface area contributed by atoms with Crippen LogP contribution in [0.4, 0.5) is 0 Å². The molecule has 0 aromatic rings. The predicted molar refractivity (Wildman–Crippen MR) is 60.0 cm³/mol. The summed E-state index contributed by atoms with van der Waals surface area (Å²) in [5, 5.41) is 0. The molecule has 0 saturated heterocycles. The second kappa shape index (κ2) is 6.45. The second-order valence-corrected chi connectivity index (χ2v) is 6.34. The Bertz CT molecular complexity index is 260. The van der Waals surface area contributed by atoms with Gasteiger partial charge in [0.2, 0.25) is 0 Å². The third kappa shape index (κ3) is 6.12. The molecule has 0 aromatic heterocycles. The largest absolute Gasteiger partial charge is 0.702 e. The van der Waals surface area contributed by atoms with Crippen molar-refractivity contribution in [1.29, 1.82) is 0 Å². The predicted octanol–water partition coefficient (Wildman–Crippen LogP) is 1.88. The van der Waals surface area contributed by atoms with Gasteiger partial charge in [0.15, 0.2) is 0 Å². The highest BCUT2D eigenvalue weighted by atomic mass is 32.2. The van der Waals surface area contributed by atoms with Crippen molar-refractivity contribution in [2.75, 3.05) is 20.6 Å². The van der Waals surface area contributed by atoms with Gasteiger partial charge in [-0.15, -0.1) is 0 Å². The van der Waals surface area contributed by atoms with Gasteiger partial charge < -0.3 is 4.55 Å². The highest BCUT2D eigenvalue weighted by molar-refractivity contribution is 7.79. The molecule has 0 aliphatic heterocycles. The Morgan fingerprint density at radius 2 is 1.47 bits per heavy atom. The van der Waals surface area contributed by atoms with E-state index in [1.807, 2.05) is 0 Å². The summed E-state index contributed by atoms with van der Waals surface area (Å²) in [6, 6.07) is 0. The van der Waals surface area contributed by atoms with Gasteiger partial charge in [0.1, 0.15) is 0 Å². The summed E-state index contributed by atoms with van der Waals surface area (Å²) in [6.45, 7) is 2.57. The van der Waals surface area contributed by atoms with Crippen LogP contribution in [0.2, 0.25) is 0 Å². The van der Waals surface area contributed by atoms with Crippen molar-refractivity contribution >= 4 is 10.3 Å². The Balaban J connectivity index is 3.68. The SMILES string of the molecule is CCCCCCCC[N+](C)(C)S(=O)(=O)[O-]. The van der Waals surface area contributed by atoms with Crippen LogP contribution in [0.25, 0.3) is 0 Å². The van der Waals surface area contributed by atoms with Gasteiger partial charge >= 0.3 is 0 Å². The first-order valence-electron chi connectivity index (χ1n) is 5.60. The molecule has 15 heavy (non-hydrogen) atoms. The molecule has 0 saturated carbocycles. The summed E-state index contributed by atoms with van der Waals surface area (Å²) in [5.74, 6) is 0. The lowest BCUT2D eigenvalue weighted by atomic mass is 10.1. The van der Waals surface area contributed by atoms with E-state index < -0.39 is 14.2 Å². The summed E-state index contributed by atoms with van der Waals surface area (Å²) in [6.07, 6.45) is 6.59. The van der Waals surface area contributed by atoms with Crippen molar-refractivity contribution in [1.82, 2.24) is 0 Å². The highest BCUT2D eigenvalue weighted by Crippen LogP contribution is 2.10. The number of unbranched alkanes of at least 4 members (excludes halogenated alkanes) is 5. The summed E-state index contributed by atoms with van der Waals surface area (Å²) in [5.41, 5.74) is 0. The normalized spacial score (nSPS) is 13.1. The van der Waals surface area contributed by atoms with E-state index >= 15 is 0 Å². The van der Waals surface area contributed by atoms with Gasteiger partial charge in [-0.1, -0.05) is 32.6 Å². The Morgan fingerprint density at radius 3 is 1.93 bits per heavy atom.